The van der Waals surface area contributed by atoms with Gasteiger partial charge in [0.25, 0.3) is 0 Å². The monoisotopic (exact) mass is 130 g/mol. The van der Waals surface area contributed by atoms with E-state index in [9.17, 15) is 0 Å². The van der Waals surface area contributed by atoms with Crippen LogP contribution in [-0.2, 0) is 12.6 Å². The van der Waals surface area contributed by atoms with Gasteiger partial charge in [-0.3, -0.25) is 0 Å². The van der Waals surface area contributed by atoms with E-state index in [-0.39, 0.29) is 51.4 Å². The molecule has 0 bridgehead atoms. The van der Waals surface area contributed by atoms with E-state index in [4.69, 9.17) is 0 Å². The zero-order valence-electron chi connectivity index (χ0n) is 3.32. The molecule has 0 aliphatic carbocycles. The van der Waals surface area contributed by atoms with E-state index in [1.54, 1.807) is 6.92 Å². The number of hydrogen-bond acceptors (Lipinski definition) is 2. The molecule has 0 radical (unpaired) electrons. The van der Waals surface area contributed by atoms with Crippen molar-refractivity contribution in [3.63, 3.8) is 0 Å². The van der Waals surface area contributed by atoms with E-state index in [0.717, 1.165) is 0 Å². The van der Waals surface area contributed by atoms with E-state index >= 15 is 0 Å². The first-order chi connectivity index (χ1) is 1.73. The van der Waals surface area contributed by atoms with Gasteiger partial charge >= 0.3 is 51.4 Å². The molecular weight excluding hydrogens is 127 g/mol. The zero-order chi connectivity index (χ0) is 3.58. The maximum absolute atomic E-state index is 4.35. The number of thiocarbonyl (C=S) groups is 1. The third-order valence-corrected chi connectivity index (χ3v) is 0. The minimum absolute atomic E-state index is 0. The van der Waals surface area contributed by atoms with Crippen LogP contribution in [0.15, 0.2) is 0 Å². The average molecular weight is 130 g/mol. The van der Waals surface area contributed by atoms with Crippen molar-refractivity contribution in [1.29, 1.82) is 0 Å². The molecule has 0 N–H and O–H groups in total. The molecule has 0 rings (SSSR count). The first kappa shape index (κ1) is 10.0. The maximum Gasteiger partial charge on any atom is 1.00 e. The molecule has 0 fully saturated rings. The average Bonchev–Trinajstić information content (AvgIpc) is 0.811. The topological polar surface area (TPSA) is 0 Å². The van der Waals surface area contributed by atoms with Crippen LogP contribution in [0.2, 0.25) is 0 Å². The van der Waals surface area contributed by atoms with Gasteiger partial charge in [0.05, 0.1) is 0 Å². The fourth-order valence-corrected chi connectivity index (χ4v) is 0. The van der Waals surface area contributed by atoms with Crippen molar-refractivity contribution in [2.75, 3.05) is 0 Å². The molecule has 3 heteroatoms. The van der Waals surface area contributed by atoms with Gasteiger partial charge in [-0.25, -0.2) is 0 Å². The maximum atomic E-state index is 4.35. The van der Waals surface area contributed by atoms with Crippen molar-refractivity contribution in [1.82, 2.24) is 0 Å². The van der Waals surface area contributed by atoms with Gasteiger partial charge in [0.2, 0.25) is 0 Å². The molecular formula is C2H3KS2. The third-order valence-electron chi connectivity index (χ3n) is 0. The van der Waals surface area contributed by atoms with Gasteiger partial charge < -0.3 is 24.8 Å². The van der Waals surface area contributed by atoms with Gasteiger partial charge in [0.1, 0.15) is 0 Å². The summed E-state index contributed by atoms with van der Waals surface area (Å²) >= 11 is 8.70. The van der Waals surface area contributed by atoms with Crippen molar-refractivity contribution < 1.29 is 51.4 Å². The summed E-state index contributed by atoms with van der Waals surface area (Å²) in [5.74, 6) is 0. The molecule has 0 aromatic heterocycles. The van der Waals surface area contributed by atoms with E-state index in [0.29, 0.717) is 4.20 Å². The van der Waals surface area contributed by atoms with Gasteiger partial charge in [-0.15, -0.1) is 0 Å². The second kappa shape index (κ2) is 5.95. The van der Waals surface area contributed by atoms with E-state index in [1.807, 2.05) is 0 Å². The molecule has 0 amide bonds. The number of hydrogen-bond donors (Lipinski definition) is 0. The molecule has 0 aromatic carbocycles. The zero-order valence-corrected chi connectivity index (χ0v) is 8.07. The summed E-state index contributed by atoms with van der Waals surface area (Å²) in [4.78, 5) is 0. The first-order valence-corrected chi connectivity index (χ1v) is 1.72. The molecule has 0 spiro atoms. The van der Waals surface area contributed by atoms with Gasteiger partial charge in [-0.1, -0.05) is 6.92 Å². The molecule has 0 atom stereocenters. The summed E-state index contributed by atoms with van der Waals surface area (Å²) in [6, 6.07) is 0. The summed E-state index contributed by atoms with van der Waals surface area (Å²) in [5.41, 5.74) is 0. The first-order valence-electron chi connectivity index (χ1n) is 0.908. The van der Waals surface area contributed by atoms with Crippen LogP contribution in [0.3, 0.4) is 0 Å². The van der Waals surface area contributed by atoms with Crippen molar-refractivity contribution in [2.24, 2.45) is 0 Å². The Kier molecular flexibility index (Phi) is 11.9. The summed E-state index contributed by atoms with van der Waals surface area (Å²) < 4.78 is 0.583. The van der Waals surface area contributed by atoms with E-state index < -0.39 is 0 Å². The van der Waals surface area contributed by atoms with Gasteiger partial charge in [0, 0.05) is 0 Å². The molecule has 0 aromatic rings. The Morgan fingerprint density at radius 1 is 1.80 bits per heavy atom. The van der Waals surface area contributed by atoms with Gasteiger partial charge in [-0.05, 0) is 0 Å². The van der Waals surface area contributed by atoms with Crippen LogP contribution < -0.4 is 51.4 Å². The molecule has 0 saturated carbocycles. The predicted molar refractivity (Wildman–Crippen MR) is 25.6 cm³/mol. The Morgan fingerprint density at radius 3 is 1.80 bits per heavy atom. The van der Waals surface area contributed by atoms with Crippen LogP contribution in [0.5, 0.6) is 0 Å². The Hall–Kier alpha value is 1.95. The van der Waals surface area contributed by atoms with Crippen LogP contribution in [0.25, 0.3) is 0 Å². The summed E-state index contributed by atoms with van der Waals surface area (Å²) in [6.45, 7) is 1.71. The predicted octanol–water partition coefficient (Wildman–Crippen LogP) is -2.12. The van der Waals surface area contributed by atoms with Gasteiger partial charge in [-0.2, -0.15) is 4.20 Å². The van der Waals surface area contributed by atoms with Crippen LogP contribution in [0.4, 0.5) is 0 Å². The summed E-state index contributed by atoms with van der Waals surface area (Å²) in [5, 5.41) is 0. The summed E-state index contributed by atoms with van der Waals surface area (Å²) in [6.07, 6.45) is 0. The van der Waals surface area contributed by atoms with Crippen LogP contribution in [-0.4, -0.2) is 4.20 Å². The van der Waals surface area contributed by atoms with E-state index in [1.165, 1.54) is 0 Å². The minimum atomic E-state index is 0. The third kappa shape index (κ3) is 24.4. The Balaban J connectivity index is 0. The molecule has 0 heterocycles. The standard InChI is InChI=1S/C2H4S2.K/c1-2(3)4;/h1H3,(H,3,4);/q;+1/p-1. The molecule has 5 heavy (non-hydrogen) atoms. The van der Waals surface area contributed by atoms with Crippen molar-refractivity contribution in [3.8, 4) is 0 Å². The molecule has 0 nitrogen and oxygen atoms in total. The van der Waals surface area contributed by atoms with Gasteiger partial charge in [0.15, 0.2) is 0 Å². The van der Waals surface area contributed by atoms with Crippen LogP contribution in [0, 0.1) is 0 Å². The van der Waals surface area contributed by atoms with Crippen LogP contribution in [0.1, 0.15) is 6.92 Å². The van der Waals surface area contributed by atoms with Crippen LogP contribution >= 0.6 is 12.2 Å². The second-order valence-electron chi connectivity index (χ2n) is 0.492. The fourth-order valence-electron chi connectivity index (χ4n) is 0. The molecule has 0 aliphatic heterocycles. The molecule has 0 aliphatic rings. The molecule has 24 valence electrons. The largest absolute Gasteiger partial charge is 1.00 e. The SMILES string of the molecule is CC(=S)[S-].[K+]. The van der Waals surface area contributed by atoms with Crippen molar-refractivity contribution in [3.05, 3.63) is 0 Å². The number of rotatable bonds is 0. The molecule has 0 saturated heterocycles. The Morgan fingerprint density at radius 2 is 1.80 bits per heavy atom. The van der Waals surface area contributed by atoms with Crippen molar-refractivity contribution >= 4 is 29.0 Å². The molecule has 0 unspecified atom stereocenters. The van der Waals surface area contributed by atoms with E-state index in [2.05, 4.69) is 24.8 Å². The second-order valence-corrected chi connectivity index (χ2v) is 1.97. The Bertz CT molecular complexity index is 30.6. The smallest absolute Gasteiger partial charge is 0.433 e. The Labute approximate surface area is 85.5 Å². The normalized spacial score (nSPS) is 5.00. The fraction of sp³-hybridized carbons (Fsp3) is 0.500. The summed E-state index contributed by atoms with van der Waals surface area (Å²) in [7, 11) is 0. The minimum Gasteiger partial charge on any atom is -0.433 e. The van der Waals surface area contributed by atoms with Crippen molar-refractivity contribution in [2.45, 2.75) is 6.92 Å². The quantitative estimate of drug-likeness (QED) is 0.209.